The molecule has 0 bridgehead atoms. The molecule has 45 heavy (non-hydrogen) atoms. The molecule has 11 nitrogen and oxygen atoms in total. The van der Waals surface area contributed by atoms with E-state index in [-0.39, 0.29) is 29.7 Å². The van der Waals surface area contributed by atoms with Gasteiger partial charge in [-0.2, -0.15) is 0 Å². The molecule has 12 heteroatoms. The zero-order valence-electron chi connectivity index (χ0n) is 29.6. The molecule has 3 aliphatic heterocycles. The molecule has 3 fully saturated rings. The number of hydrogen-bond donors (Lipinski definition) is 1. The summed E-state index contributed by atoms with van der Waals surface area (Å²) < 4.78 is 24.8. The number of fused-ring (bicyclic) bond motifs is 1. The molecule has 0 saturated carbocycles. The number of nitrogens with one attached hydrogen (secondary N) is 1. The van der Waals surface area contributed by atoms with Crippen LogP contribution in [0.15, 0.2) is 0 Å². The van der Waals surface area contributed by atoms with Crippen molar-refractivity contribution < 1.29 is 55.1 Å². The number of amides is 2. The molecule has 1 N–H and O–H groups in total. The summed E-state index contributed by atoms with van der Waals surface area (Å²) in [6.07, 6.45) is -1.63. The molecule has 2 amide bonds. The van der Waals surface area contributed by atoms with Gasteiger partial charge in [0.2, 0.25) is 0 Å². The van der Waals surface area contributed by atoms with Crippen LogP contribution in [0, 0.1) is 29.1 Å². The van der Waals surface area contributed by atoms with Crippen molar-refractivity contribution in [3.05, 3.63) is 0 Å². The first-order valence-electron chi connectivity index (χ1n) is 15.9. The zero-order chi connectivity index (χ0) is 34.8. The molecule has 7 unspecified atom stereocenters. The first kappa shape index (κ1) is 39.6. The fraction of sp³-hybridized carbons (Fsp3) is 0.848. The second-order valence-corrected chi connectivity index (χ2v) is 14.4. The third-order valence-corrected chi connectivity index (χ3v) is 10.4. The number of hydrogen-bond acceptors (Lipinski definition) is 9. The molecule has 3 heterocycles. The van der Waals surface area contributed by atoms with E-state index in [9.17, 15) is 19.2 Å². The summed E-state index contributed by atoms with van der Waals surface area (Å²) in [4.78, 5) is 57.9. The van der Waals surface area contributed by atoms with Crippen LogP contribution in [-0.2, 0) is 50.3 Å². The number of esters is 1. The van der Waals surface area contributed by atoms with Gasteiger partial charge in [0.25, 0.3) is 0 Å². The fourth-order valence-electron chi connectivity index (χ4n) is 7.81. The molecule has 3 saturated heterocycles. The monoisotopic (exact) mass is 674 g/mol. The number of cyclic esters (lactones) is 1. The molecule has 257 valence electrons. The van der Waals surface area contributed by atoms with Gasteiger partial charge in [-0.25, -0.2) is 4.79 Å². The predicted molar refractivity (Wildman–Crippen MR) is 168 cm³/mol. The van der Waals surface area contributed by atoms with Crippen molar-refractivity contribution in [3.63, 3.8) is 0 Å². The van der Waals surface area contributed by atoms with Crippen LogP contribution in [0.4, 0.5) is 4.79 Å². The maximum atomic E-state index is 14.0. The van der Waals surface area contributed by atoms with Crippen molar-refractivity contribution in [2.45, 2.75) is 123 Å². The fourth-order valence-corrected chi connectivity index (χ4v) is 7.81. The van der Waals surface area contributed by atoms with Gasteiger partial charge >= 0.3 is 34.2 Å². The van der Waals surface area contributed by atoms with Gasteiger partial charge in [-0.05, 0) is 60.0 Å². The summed E-state index contributed by atoms with van der Waals surface area (Å²) in [6, 6.07) is -0.885. The number of ether oxygens (including phenoxy) is 4. The van der Waals surface area contributed by atoms with Crippen LogP contribution in [-0.4, -0.2) is 115 Å². The number of nitrogens with zero attached hydrogens (tertiary/aromatic N) is 2. The summed E-state index contributed by atoms with van der Waals surface area (Å²) in [5, 5.41) is 6.14. The Labute approximate surface area is 279 Å². The molecule has 0 aliphatic carbocycles. The molecule has 12 atom stereocenters. The molecular weight excluding hydrogens is 617 g/mol. The van der Waals surface area contributed by atoms with Crippen LogP contribution in [0.1, 0.15) is 75.2 Å². The van der Waals surface area contributed by atoms with E-state index in [0.29, 0.717) is 6.42 Å². The number of urea groups is 1. The molecule has 0 radical (unpaired) electrons. The molecule has 0 spiro atoms. The number of Topliss-reactive ketones (excluding diaryl/α,β-unsaturated/α-hetero) is 2. The number of likely N-dealkylation sites (N-methyl/N-ethyl adjacent to an activating group) is 2. The Kier molecular flexibility index (Phi) is 13.6. The number of rotatable bonds is 4. The summed E-state index contributed by atoms with van der Waals surface area (Å²) in [6.45, 7) is 16.5. The summed E-state index contributed by atoms with van der Waals surface area (Å²) in [5.41, 5.74) is -1.73. The topological polar surface area (TPSA) is 124 Å². The van der Waals surface area contributed by atoms with E-state index in [4.69, 9.17) is 18.9 Å². The molecule has 3 rings (SSSR count). The molecule has 0 aromatic carbocycles. The molecule has 3 aliphatic rings. The van der Waals surface area contributed by atoms with Crippen molar-refractivity contribution in [3.8, 4) is 0 Å². The quantitative estimate of drug-likeness (QED) is 0.354. The first-order valence-corrected chi connectivity index (χ1v) is 16.9. The average molecular weight is 675 g/mol. The van der Waals surface area contributed by atoms with Gasteiger partial charge in [-0.15, -0.1) is 0 Å². The van der Waals surface area contributed by atoms with Gasteiger partial charge in [0.15, 0.2) is 12.1 Å². The van der Waals surface area contributed by atoms with Gasteiger partial charge in [0.05, 0.1) is 23.8 Å². The van der Waals surface area contributed by atoms with Crippen LogP contribution in [0.2, 0.25) is 0 Å². The van der Waals surface area contributed by atoms with Crippen molar-refractivity contribution in [1.29, 1.82) is 0 Å². The summed E-state index contributed by atoms with van der Waals surface area (Å²) >= 11 is 2.06. The zero-order valence-corrected chi connectivity index (χ0v) is 31.0. The minimum absolute atomic E-state index is 0.0145. The standard InChI is InChI=1S/C32H55N3O8.CH2.V/c1-16-15-31(7,8)27(43-29-25(40-13)22(34(10)11)14-17(2)41-29)19(4)24(37)20(5)28(38)42-21(6)32(9)26(18(3)23(16)36)35(12)30(39)33-32;;/h16-22,25-27,29H,14-15H2,1-13H3,(H,33,39);1H2;/t16?,17-,18?,19+,20-,21-,22?,25?,26?,27?,29?,32-;;/m1../s1. The van der Waals surface area contributed by atoms with Gasteiger partial charge in [0.1, 0.15) is 23.9 Å². The van der Waals surface area contributed by atoms with Crippen LogP contribution in [0.5, 0.6) is 0 Å². The number of ketones is 2. The maximum absolute atomic E-state index is 14.0. The van der Waals surface area contributed by atoms with E-state index in [1.54, 1.807) is 41.9 Å². The Bertz CT molecular complexity index is 1090. The van der Waals surface area contributed by atoms with E-state index in [1.165, 1.54) is 4.90 Å². The van der Waals surface area contributed by atoms with Crippen LogP contribution >= 0.6 is 0 Å². The molecular formula is C33H57N3O8V. The second-order valence-electron chi connectivity index (χ2n) is 14.4. The third kappa shape index (κ3) is 8.09. The van der Waals surface area contributed by atoms with E-state index < -0.39 is 71.2 Å². The Balaban J connectivity index is 0.00000345. The van der Waals surface area contributed by atoms with Crippen LogP contribution in [0.25, 0.3) is 0 Å². The Morgan fingerprint density at radius 2 is 1.56 bits per heavy atom. The number of methoxy groups -OCH3 is 1. The first-order chi connectivity index (χ1) is 20.8. The van der Waals surface area contributed by atoms with Crippen molar-refractivity contribution in [2.24, 2.45) is 29.1 Å². The van der Waals surface area contributed by atoms with E-state index in [2.05, 4.69) is 32.4 Å². The van der Waals surface area contributed by atoms with Gasteiger partial charge in [0, 0.05) is 38.0 Å². The second kappa shape index (κ2) is 15.5. The summed E-state index contributed by atoms with van der Waals surface area (Å²) in [5.74, 6) is -3.79. The SMILES string of the molecule is COC1C(OC2[C@@H](C)C(=O)[C@@H](C)C(=O)O[C@H](C)[C@@]3(C)NC(=O)N(C)C3C(C)C(=O)C(C)CC2(C)C)O[C@H](C)CC1N(C)C.[CH2]=[V]. The number of carbonyl (C=O) groups excluding carboxylic acids is 4. The van der Waals surface area contributed by atoms with Crippen LogP contribution in [0.3, 0.4) is 0 Å². The van der Waals surface area contributed by atoms with E-state index in [0.717, 1.165) is 6.42 Å². The van der Waals surface area contributed by atoms with Crippen LogP contribution < -0.4 is 5.32 Å². The van der Waals surface area contributed by atoms with Gasteiger partial charge < -0.3 is 34.1 Å². The summed E-state index contributed by atoms with van der Waals surface area (Å²) in [7, 11) is 7.25. The normalized spacial score (nSPS) is 41.4. The molecule has 0 aromatic heterocycles. The van der Waals surface area contributed by atoms with Crippen molar-refractivity contribution in [2.75, 3.05) is 28.3 Å². The minimum atomic E-state index is -1.07. The van der Waals surface area contributed by atoms with Crippen molar-refractivity contribution in [1.82, 2.24) is 15.1 Å². The van der Waals surface area contributed by atoms with Crippen molar-refractivity contribution >= 4 is 28.8 Å². The third-order valence-electron chi connectivity index (χ3n) is 10.4. The van der Waals surface area contributed by atoms with E-state index >= 15 is 0 Å². The Hall–Kier alpha value is -1.63. The van der Waals surface area contributed by atoms with Gasteiger partial charge in [-0.3, -0.25) is 14.4 Å². The number of carbonyl (C=O) groups is 4. The van der Waals surface area contributed by atoms with E-state index in [1.807, 2.05) is 48.7 Å². The van der Waals surface area contributed by atoms with Gasteiger partial charge in [-0.1, -0.05) is 34.6 Å². The predicted octanol–water partition coefficient (Wildman–Crippen LogP) is 3.24. The average Bonchev–Trinajstić information content (AvgIpc) is 3.21. The molecule has 0 aromatic rings. The Morgan fingerprint density at radius 1 is 0.978 bits per heavy atom. The Morgan fingerprint density at radius 3 is 2.09 bits per heavy atom.